The van der Waals surface area contributed by atoms with Crippen molar-refractivity contribution < 1.29 is 13.6 Å². The first-order valence-corrected chi connectivity index (χ1v) is 5.91. The maximum atomic E-state index is 12.0. The van der Waals surface area contributed by atoms with E-state index in [1.807, 2.05) is 0 Å². The molecular weight excluding hydrogens is 226 g/mol. The highest BCUT2D eigenvalue weighted by Gasteiger charge is 2.31. The van der Waals surface area contributed by atoms with E-state index in [0.717, 1.165) is 4.31 Å². The number of amides is 1. The average molecular weight is 241 g/mol. The van der Waals surface area contributed by atoms with Crippen molar-refractivity contribution in [3.05, 3.63) is 30.3 Å². The van der Waals surface area contributed by atoms with Gasteiger partial charge in [-0.15, -0.1) is 0 Å². The van der Waals surface area contributed by atoms with Gasteiger partial charge in [-0.3, -0.25) is 9.35 Å². The van der Waals surface area contributed by atoms with Crippen LogP contribution in [-0.2, 0) is 16.1 Å². The van der Waals surface area contributed by atoms with Gasteiger partial charge >= 0.3 is 0 Å². The maximum absolute atomic E-state index is 12.0. The summed E-state index contributed by atoms with van der Waals surface area (Å²) in [5, 5.41) is 0. The molecule has 0 aliphatic rings. The number of hydrogen-bond acceptors (Lipinski definition) is 2. The lowest BCUT2D eigenvalue weighted by atomic mass is 9.95. The van der Waals surface area contributed by atoms with Crippen molar-refractivity contribution in [2.24, 2.45) is 5.41 Å². The van der Waals surface area contributed by atoms with Gasteiger partial charge in [0.25, 0.3) is 11.3 Å². The van der Waals surface area contributed by atoms with Crippen LogP contribution >= 0.6 is 0 Å². The Kier molecular flexibility index (Phi) is 3.83. The summed E-state index contributed by atoms with van der Waals surface area (Å²) in [6.07, 6.45) is 0. The number of para-hydroxylation sites is 1. The Balaban J connectivity index is 3.12. The van der Waals surface area contributed by atoms with E-state index in [4.69, 9.17) is 0 Å². The molecule has 1 atom stereocenters. The van der Waals surface area contributed by atoms with E-state index >= 15 is 0 Å². The third-order valence-electron chi connectivity index (χ3n) is 1.97. The fourth-order valence-corrected chi connectivity index (χ4v) is 1.86. The quantitative estimate of drug-likeness (QED) is 0.807. The number of hydrogen-bond donors (Lipinski definition) is 1. The maximum Gasteiger partial charge on any atom is 0.268 e. The summed E-state index contributed by atoms with van der Waals surface area (Å²) in [6, 6.07) is 8.45. The van der Waals surface area contributed by atoms with Crippen molar-refractivity contribution >= 4 is 22.9 Å². The van der Waals surface area contributed by atoms with Crippen LogP contribution in [0.5, 0.6) is 0 Å². The average Bonchev–Trinajstić information content (AvgIpc) is 2.17. The highest BCUT2D eigenvalue weighted by molar-refractivity contribution is 7.81. The van der Waals surface area contributed by atoms with E-state index in [-0.39, 0.29) is 5.91 Å². The van der Waals surface area contributed by atoms with Gasteiger partial charge in [0, 0.05) is 5.41 Å². The van der Waals surface area contributed by atoms with E-state index in [1.165, 1.54) is 0 Å². The van der Waals surface area contributed by atoms with Crippen molar-refractivity contribution in [3.8, 4) is 0 Å². The van der Waals surface area contributed by atoms with Crippen LogP contribution in [0.1, 0.15) is 20.8 Å². The monoisotopic (exact) mass is 241 g/mol. The summed E-state index contributed by atoms with van der Waals surface area (Å²) in [6.45, 7) is 5.12. The molecule has 0 bridgehead atoms. The van der Waals surface area contributed by atoms with Gasteiger partial charge in [0.1, 0.15) is 0 Å². The van der Waals surface area contributed by atoms with Gasteiger partial charge in [0.15, 0.2) is 0 Å². The van der Waals surface area contributed by atoms with Crippen LogP contribution in [0.3, 0.4) is 0 Å². The molecule has 0 radical (unpaired) electrons. The molecule has 1 N–H and O–H groups in total. The SMILES string of the molecule is CC(C)(C)C(=O)N(c1ccccc1)S(=O)O. The Hall–Kier alpha value is -1.20. The van der Waals surface area contributed by atoms with E-state index in [2.05, 4.69) is 0 Å². The summed E-state index contributed by atoms with van der Waals surface area (Å²) >= 11 is -2.35. The molecular formula is C11H15NO3S. The number of anilines is 1. The molecule has 0 aliphatic carbocycles. The van der Waals surface area contributed by atoms with E-state index in [0.29, 0.717) is 5.69 Å². The first-order valence-electron chi connectivity index (χ1n) is 4.84. The van der Waals surface area contributed by atoms with Crippen molar-refractivity contribution in [1.29, 1.82) is 0 Å². The van der Waals surface area contributed by atoms with Gasteiger partial charge in [-0.25, -0.2) is 8.51 Å². The van der Waals surface area contributed by atoms with Crippen molar-refractivity contribution in [3.63, 3.8) is 0 Å². The number of rotatable bonds is 2. The zero-order valence-electron chi connectivity index (χ0n) is 9.51. The number of carbonyl (C=O) groups excluding carboxylic acids is 1. The summed E-state index contributed by atoms with van der Waals surface area (Å²) in [5.41, 5.74) is -0.280. The molecule has 0 saturated carbocycles. The Morgan fingerprint density at radius 1 is 1.25 bits per heavy atom. The topological polar surface area (TPSA) is 57.6 Å². The van der Waals surface area contributed by atoms with Crippen LogP contribution in [0.25, 0.3) is 0 Å². The minimum absolute atomic E-state index is 0.389. The molecule has 1 aromatic carbocycles. The van der Waals surface area contributed by atoms with Gasteiger partial charge in [-0.2, -0.15) is 0 Å². The molecule has 0 aliphatic heterocycles. The largest absolute Gasteiger partial charge is 0.289 e. The molecule has 1 amide bonds. The Morgan fingerprint density at radius 2 is 1.75 bits per heavy atom. The minimum Gasteiger partial charge on any atom is -0.289 e. The molecule has 0 aromatic heterocycles. The number of benzene rings is 1. The third-order valence-corrected chi connectivity index (χ3v) is 2.66. The lowest BCUT2D eigenvalue weighted by Crippen LogP contribution is -2.40. The van der Waals surface area contributed by atoms with Crippen LogP contribution in [-0.4, -0.2) is 14.7 Å². The van der Waals surface area contributed by atoms with Crippen molar-refractivity contribution in [1.82, 2.24) is 0 Å². The Bertz CT molecular complexity index is 397. The zero-order chi connectivity index (χ0) is 12.3. The van der Waals surface area contributed by atoms with Crippen molar-refractivity contribution in [2.45, 2.75) is 20.8 Å². The van der Waals surface area contributed by atoms with Gasteiger partial charge in [-0.05, 0) is 12.1 Å². The Morgan fingerprint density at radius 3 is 2.12 bits per heavy atom. The Labute approximate surface area is 97.7 Å². The van der Waals surface area contributed by atoms with E-state index < -0.39 is 16.7 Å². The molecule has 5 heteroatoms. The fourth-order valence-electron chi connectivity index (χ4n) is 1.15. The van der Waals surface area contributed by atoms with Crippen molar-refractivity contribution in [2.75, 3.05) is 4.31 Å². The molecule has 0 saturated heterocycles. The third kappa shape index (κ3) is 2.90. The second-order valence-corrected chi connectivity index (χ2v) is 5.24. The molecule has 1 aromatic rings. The predicted molar refractivity (Wildman–Crippen MR) is 64.2 cm³/mol. The normalized spacial score (nSPS) is 13.2. The van der Waals surface area contributed by atoms with Crippen LogP contribution in [0, 0.1) is 5.41 Å². The van der Waals surface area contributed by atoms with Crippen LogP contribution in [0.4, 0.5) is 5.69 Å². The van der Waals surface area contributed by atoms with Gasteiger partial charge in [-0.1, -0.05) is 39.0 Å². The second kappa shape index (κ2) is 4.76. The van der Waals surface area contributed by atoms with E-state index in [9.17, 15) is 13.6 Å². The molecule has 16 heavy (non-hydrogen) atoms. The number of nitrogens with zero attached hydrogens (tertiary/aromatic N) is 1. The van der Waals surface area contributed by atoms with Gasteiger partial charge in [0.05, 0.1) is 5.69 Å². The van der Waals surface area contributed by atoms with Gasteiger partial charge in [0.2, 0.25) is 5.91 Å². The highest BCUT2D eigenvalue weighted by atomic mass is 32.2. The molecule has 1 unspecified atom stereocenters. The second-order valence-electron chi connectivity index (χ2n) is 4.42. The molecule has 1 rings (SSSR count). The van der Waals surface area contributed by atoms with Crippen LogP contribution in [0.2, 0.25) is 0 Å². The van der Waals surface area contributed by atoms with Crippen LogP contribution in [0.15, 0.2) is 30.3 Å². The summed E-state index contributed by atoms with van der Waals surface area (Å²) in [4.78, 5) is 12.0. The standard InChI is InChI=1S/C11H15NO3S/c1-11(2,3)10(13)12(16(14)15)9-7-5-4-6-8-9/h4-8H,1-3H3,(H,14,15). The first kappa shape index (κ1) is 12.9. The summed E-state index contributed by atoms with van der Waals surface area (Å²) in [5.74, 6) is -0.389. The zero-order valence-corrected chi connectivity index (χ0v) is 10.3. The molecule has 88 valence electrons. The van der Waals surface area contributed by atoms with Crippen LogP contribution < -0.4 is 4.31 Å². The first-order chi connectivity index (χ1) is 7.34. The number of carbonyl (C=O) groups is 1. The highest BCUT2D eigenvalue weighted by Crippen LogP contribution is 2.23. The minimum atomic E-state index is -2.35. The fraction of sp³-hybridized carbons (Fsp3) is 0.364. The predicted octanol–water partition coefficient (Wildman–Crippen LogP) is 2.20. The molecule has 0 spiro atoms. The molecule has 0 heterocycles. The van der Waals surface area contributed by atoms with Gasteiger partial charge < -0.3 is 0 Å². The lowest BCUT2D eigenvalue weighted by molar-refractivity contribution is -0.124. The van der Waals surface area contributed by atoms with E-state index in [1.54, 1.807) is 51.1 Å². The summed E-state index contributed by atoms with van der Waals surface area (Å²) in [7, 11) is 0. The molecule has 4 nitrogen and oxygen atoms in total. The lowest BCUT2D eigenvalue weighted by Gasteiger charge is -2.25. The summed E-state index contributed by atoms with van der Waals surface area (Å²) < 4.78 is 21.3. The molecule has 0 fully saturated rings. The smallest absolute Gasteiger partial charge is 0.268 e.